The number of allylic oxidation sites excluding steroid dienone is 1. The topological polar surface area (TPSA) is 24.7 Å². The van der Waals surface area contributed by atoms with Gasteiger partial charge in [0, 0.05) is 24.3 Å². The van der Waals surface area contributed by atoms with E-state index < -0.39 is 0 Å². The minimum atomic E-state index is 0.412. The van der Waals surface area contributed by atoms with E-state index in [9.17, 15) is 0 Å². The molecule has 0 saturated heterocycles. The van der Waals surface area contributed by atoms with Crippen LogP contribution in [0.3, 0.4) is 0 Å². The second kappa shape index (κ2) is 5.74. The van der Waals surface area contributed by atoms with E-state index in [0.29, 0.717) is 23.8 Å². The first-order valence-corrected chi connectivity index (χ1v) is 7.59. The third-order valence-corrected chi connectivity index (χ3v) is 4.38. The lowest BCUT2D eigenvalue weighted by Gasteiger charge is -2.18. The summed E-state index contributed by atoms with van der Waals surface area (Å²) in [6.07, 6.45) is 10.9. The van der Waals surface area contributed by atoms with Crippen molar-refractivity contribution in [1.82, 2.24) is 0 Å². The molecule has 3 unspecified atom stereocenters. The second-order valence-electron chi connectivity index (χ2n) is 6.07. The van der Waals surface area contributed by atoms with E-state index in [1.54, 1.807) is 0 Å². The van der Waals surface area contributed by atoms with Gasteiger partial charge in [-0.3, -0.25) is 9.98 Å². The van der Waals surface area contributed by atoms with Crippen LogP contribution in [0.4, 0.5) is 5.69 Å². The number of benzene rings is 1. The maximum atomic E-state index is 4.78. The Hall–Kier alpha value is -1.70. The SMILES string of the molecule is CC(C)c1ccccc1N=CC1CCC2C=CC=NC21. The molecule has 0 amide bonds. The minimum absolute atomic E-state index is 0.412. The van der Waals surface area contributed by atoms with Crippen molar-refractivity contribution in [2.24, 2.45) is 21.8 Å². The van der Waals surface area contributed by atoms with Gasteiger partial charge in [-0.1, -0.05) is 38.1 Å². The Morgan fingerprint density at radius 2 is 2.10 bits per heavy atom. The number of nitrogens with zero attached hydrogens (tertiary/aromatic N) is 2. The summed E-state index contributed by atoms with van der Waals surface area (Å²) in [4.78, 5) is 9.42. The molecule has 1 aromatic rings. The average Bonchev–Trinajstić information content (AvgIpc) is 2.88. The zero-order valence-corrected chi connectivity index (χ0v) is 12.2. The van der Waals surface area contributed by atoms with Gasteiger partial charge in [-0.2, -0.15) is 0 Å². The van der Waals surface area contributed by atoms with Crippen LogP contribution in [0, 0.1) is 11.8 Å². The third-order valence-electron chi connectivity index (χ3n) is 4.38. The van der Waals surface area contributed by atoms with E-state index in [1.165, 1.54) is 18.4 Å². The molecule has 2 aliphatic rings. The summed E-state index contributed by atoms with van der Waals surface area (Å²) in [6.45, 7) is 4.44. The van der Waals surface area contributed by atoms with Crippen LogP contribution in [0.15, 0.2) is 46.4 Å². The lowest BCUT2D eigenvalue weighted by Crippen LogP contribution is -2.21. The number of aliphatic imine (C=N–C) groups is 2. The fourth-order valence-electron chi connectivity index (χ4n) is 3.25. The molecule has 20 heavy (non-hydrogen) atoms. The van der Waals surface area contributed by atoms with Crippen molar-refractivity contribution < 1.29 is 0 Å². The molecular formula is C18H22N2. The highest BCUT2D eigenvalue weighted by atomic mass is 14.8. The molecule has 0 spiro atoms. The van der Waals surface area contributed by atoms with Crippen molar-refractivity contribution in [2.75, 3.05) is 0 Å². The maximum absolute atomic E-state index is 4.78. The smallest absolute Gasteiger partial charge is 0.0660 e. The molecule has 0 N–H and O–H groups in total. The van der Waals surface area contributed by atoms with Gasteiger partial charge in [-0.15, -0.1) is 0 Å². The summed E-state index contributed by atoms with van der Waals surface area (Å²) in [6, 6.07) is 8.86. The van der Waals surface area contributed by atoms with Crippen LogP contribution in [0.2, 0.25) is 0 Å². The summed E-state index contributed by atoms with van der Waals surface area (Å²) in [5.41, 5.74) is 2.44. The van der Waals surface area contributed by atoms with E-state index in [-0.39, 0.29) is 0 Å². The Bertz CT molecular complexity index is 554. The molecule has 1 aromatic carbocycles. The highest BCUT2D eigenvalue weighted by Crippen LogP contribution is 2.35. The third kappa shape index (κ3) is 2.60. The zero-order chi connectivity index (χ0) is 13.9. The summed E-state index contributed by atoms with van der Waals surface area (Å²) in [5, 5.41) is 0. The van der Waals surface area contributed by atoms with Crippen LogP contribution < -0.4 is 0 Å². The quantitative estimate of drug-likeness (QED) is 0.717. The maximum Gasteiger partial charge on any atom is 0.0660 e. The van der Waals surface area contributed by atoms with Gasteiger partial charge in [0.25, 0.3) is 0 Å². The molecule has 3 atom stereocenters. The van der Waals surface area contributed by atoms with Gasteiger partial charge in [0.15, 0.2) is 0 Å². The van der Waals surface area contributed by atoms with Crippen LogP contribution in [-0.2, 0) is 0 Å². The molecular weight excluding hydrogens is 244 g/mol. The number of rotatable bonds is 3. The monoisotopic (exact) mass is 266 g/mol. The van der Waals surface area contributed by atoms with Gasteiger partial charge < -0.3 is 0 Å². The van der Waals surface area contributed by atoms with Crippen molar-refractivity contribution in [3.05, 3.63) is 42.0 Å². The molecule has 104 valence electrons. The molecule has 3 rings (SSSR count). The summed E-state index contributed by atoms with van der Waals surface area (Å²) in [7, 11) is 0. The lowest BCUT2D eigenvalue weighted by atomic mass is 9.97. The van der Waals surface area contributed by atoms with Crippen LogP contribution in [0.1, 0.15) is 38.2 Å². The largest absolute Gasteiger partial charge is 0.289 e. The molecule has 1 fully saturated rings. The molecule has 1 aliphatic carbocycles. The van der Waals surface area contributed by atoms with E-state index in [2.05, 4.69) is 61.5 Å². The highest BCUT2D eigenvalue weighted by molar-refractivity contribution is 5.74. The van der Waals surface area contributed by atoms with Crippen molar-refractivity contribution in [3.63, 3.8) is 0 Å². The van der Waals surface area contributed by atoms with Gasteiger partial charge in [0.2, 0.25) is 0 Å². The van der Waals surface area contributed by atoms with E-state index >= 15 is 0 Å². The van der Waals surface area contributed by atoms with Crippen LogP contribution in [0.5, 0.6) is 0 Å². The van der Waals surface area contributed by atoms with Crippen molar-refractivity contribution in [1.29, 1.82) is 0 Å². The Labute approximate surface area is 121 Å². The van der Waals surface area contributed by atoms with E-state index in [0.717, 1.165) is 5.69 Å². The van der Waals surface area contributed by atoms with Crippen molar-refractivity contribution in [2.45, 2.75) is 38.6 Å². The molecule has 1 saturated carbocycles. The van der Waals surface area contributed by atoms with Gasteiger partial charge in [0.1, 0.15) is 0 Å². The predicted molar refractivity (Wildman–Crippen MR) is 86.3 cm³/mol. The van der Waals surface area contributed by atoms with Crippen LogP contribution in [-0.4, -0.2) is 18.5 Å². The molecule has 1 heterocycles. The molecule has 2 nitrogen and oxygen atoms in total. The normalized spacial score (nSPS) is 28.4. The number of para-hydroxylation sites is 1. The summed E-state index contributed by atoms with van der Waals surface area (Å²) >= 11 is 0. The number of dihydropyridines is 1. The first kappa shape index (κ1) is 13.3. The van der Waals surface area contributed by atoms with Gasteiger partial charge >= 0.3 is 0 Å². The summed E-state index contributed by atoms with van der Waals surface area (Å²) in [5.74, 6) is 1.62. The summed E-state index contributed by atoms with van der Waals surface area (Å²) < 4.78 is 0. The zero-order valence-electron chi connectivity index (χ0n) is 12.2. The number of fused-ring (bicyclic) bond motifs is 1. The van der Waals surface area contributed by atoms with Crippen molar-refractivity contribution >= 4 is 18.1 Å². The Kier molecular flexibility index (Phi) is 3.81. The average molecular weight is 266 g/mol. The van der Waals surface area contributed by atoms with Gasteiger partial charge in [0.05, 0.1) is 11.7 Å². The standard InChI is InChI=1S/C18H22N2/c1-13(2)16-7-3-4-8-17(16)20-12-15-10-9-14-6-5-11-19-18(14)15/h3-8,11-15,18H,9-10H2,1-2H3. The fourth-order valence-corrected chi connectivity index (χ4v) is 3.25. The first-order valence-electron chi connectivity index (χ1n) is 7.59. The molecule has 0 bridgehead atoms. The highest BCUT2D eigenvalue weighted by Gasteiger charge is 2.33. The molecule has 1 aliphatic heterocycles. The number of hydrogen-bond donors (Lipinski definition) is 0. The van der Waals surface area contributed by atoms with E-state index in [4.69, 9.17) is 4.99 Å². The van der Waals surface area contributed by atoms with Gasteiger partial charge in [-0.05, 0) is 36.5 Å². The lowest BCUT2D eigenvalue weighted by molar-refractivity contribution is 0.544. The Morgan fingerprint density at radius 3 is 2.95 bits per heavy atom. The number of hydrogen-bond acceptors (Lipinski definition) is 2. The fraction of sp³-hybridized carbons (Fsp3) is 0.444. The van der Waals surface area contributed by atoms with Gasteiger partial charge in [-0.25, -0.2) is 0 Å². The Balaban J connectivity index is 1.78. The predicted octanol–water partition coefficient (Wildman–Crippen LogP) is 4.55. The minimum Gasteiger partial charge on any atom is -0.289 e. The van der Waals surface area contributed by atoms with Crippen LogP contribution >= 0.6 is 0 Å². The molecule has 0 aromatic heterocycles. The van der Waals surface area contributed by atoms with Crippen molar-refractivity contribution in [3.8, 4) is 0 Å². The first-order chi connectivity index (χ1) is 9.75. The molecule has 0 radical (unpaired) electrons. The van der Waals surface area contributed by atoms with E-state index in [1.807, 2.05) is 6.21 Å². The Morgan fingerprint density at radius 1 is 1.25 bits per heavy atom. The van der Waals surface area contributed by atoms with Crippen LogP contribution in [0.25, 0.3) is 0 Å². The molecule has 2 heteroatoms. The second-order valence-corrected chi connectivity index (χ2v) is 6.07.